The van der Waals surface area contributed by atoms with E-state index in [1.807, 2.05) is 0 Å². The molecule has 0 saturated heterocycles. The van der Waals surface area contributed by atoms with E-state index in [-0.39, 0.29) is 23.1 Å². The monoisotopic (exact) mass is 643 g/mol. The second kappa shape index (κ2) is 42.6. The Labute approximate surface area is 287 Å². The minimum Gasteiger partial charge on any atom is -0.759 e. The van der Waals surface area contributed by atoms with Crippen molar-refractivity contribution in [2.24, 2.45) is 0 Å². The van der Waals surface area contributed by atoms with Crippen molar-refractivity contribution >= 4 is 33.5 Å². The van der Waals surface area contributed by atoms with Gasteiger partial charge in [0.25, 0.3) is 0 Å². The maximum absolute atomic E-state index is 8.52. The number of rotatable bonds is 34. The molecule has 7 heteroatoms. The average Bonchev–Trinajstić information content (AvgIpc) is 2.94. The molecule has 0 unspecified atom stereocenters. The third kappa shape index (κ3) is 58.7. The Hall–Kier alpha value is 0.596. The molecule has 0 bridgehead atoms. The summed E-state index contributed by atoms with van der Waals surface area (Å²) in [6.07, 6.45) is 46.0. The zero-order chi connectivity index (χ0) is 31.2. The molecule has 0 heterocycles. The van der Waals surface area contributed by atoms with Gasteiger partial charge >= 0.3 is 23.1 Å². The van der Waals surface area contributed by atoms with Gasteiger partial charge in [-0.15, -0.1) is 0 Å². The van der Waals surface area contributed by atoms with Crippen LogP contribution in [0.5, 0.6) is 0 Å². The standard InChI is InChI=1S/C36H74O.Mg.H2O4S/c1-3-5-7-9-11-13-15-17-19-21-23-25-27-29-31-33-35-37-36-34-32-30-28-26-24-22-20-18-16-14-12-10-8-6-4-2;;1-5(2,3)4/h3-36H2,1-2H3;;(H2,1,2,3,4)/q;+2;/p-2. The van der Waals surface area contributed by atoms with Crippen LogP contribution in [0.25, 0.3) is 0 Å². The van der Waals surface area contributed by atoms with Gasteiger partial charge in [0.2, 0.25) is 0 Å². The first-order valence-corrected chi connectivity index (χ1v) is 20.0. The first kappa shape index (κ1) is 48.0. The van der Waals surface area contributed by atoms with E-state index in [1.54, 1.807) is 0 Å². The molecule has 0 aromatic carbocycles. The Kier molecular flexibility index (Phi) is 47.5. The third-order valence-electron chi connectivity index (χ3n) is 8.28. The summed E-state index contributed by atoms with van der Waals surface area (Å²) in [4.78, 5) is 0. The summed E-state index contributed by atoms with van der Waals surface area (Å²) in [6.45, 7) is 6.60. The van der Waals surface area contributed by atoms with Gasteiger partial charge in [0.1, 0.15) is 0 Å². The topological polar surface area (TPSA) is 89.5 Å². The molecule has 0 aromatic rings. The van der Waals surface area contributed by atoms with Crippen molar-refractivity contribution in [1.82, 2.24) is 0 Å². The molecule has 0 aromatic heterocycles. The van der Waals surface area contributed by atoms with Crippen LogP contribution in [-0.4, -0.2) is 53.8 Å². The van der Waals surface area contributed by atoms with Gasteiger partial charge in [0, 0.05) is 23.6 Å². The molecule has 0 rings (SSSR count). The van der Waals surface area contributed by atoms with Crippen LogP contribution in [0, 0.1) is 0 Å². The maximum atomic E-state index is 8.52. The van der Waals surface area contributed by atoms with E-state index in [0.29, 0.717) is 0 Å². The minimum atomic E-state index is -5.17. The molecule has 0 atom stereocenters. The molecule has 0 N–H and O–H groups in total. The van der Waals surface area contributed by atoms with E-state index < -0.39 is 10.4 Å². The van der Waals surface area contributed by atoms with E-state index >= 15 is 0 Å². The molecule has 0 aliphatic carbocycles. The maximum Gasteiger partial charge on any atom is 2.00 e. The number of hydrogen-bond donors (Lipinski definition) is 0. The third-order valence-corrected chi connectivity index (χ3v) is 8.28. The number of unbranched alkanes of at least 4 members (excludes halogenated alkanes) is 30. The first-order chi connectivity index (χ1) is 20.4. The Morgan fingerprint density at radius 1 is 0.349 bits per heavy atom. The molecular weight excluding hydrogens is 569 g/mol. The van der Waals surface area contributed by atoms with E-state index in [0.717, 1.165) is 13.2 Å². The van der Waals surface area contributed by atoms with E-state index in [4.69, 9.17) is 22.3 Å². The van der Waals surface area contributed by atoms with Crippen LogP contribution in [-0.2, 0) is 15.1 Å². The summed E-state index contributed by atoms with van der Waals surface area (Å²) in [5.74, 6) is 0. The van der Waals surface area contributed by atoms with Crippen LogP contribution in [0.1, 0.15) is 219 Å². The van der Waals surface area contributed by atoms with Crippen LogP contribution in [0.4, 0.5) is 0 Å². The van der Waals surface area contributed by atoms with Gasteiger partial charge in [-0.25, -0.2) is 0 Å². The van der Waals surface area contributed by atoms with Gasteiger partial charge in [-0.1, -0.05) is 206 Å². The molecule has 43 heavy (non-hydrogen) atoms. The summed E-state index contributed by atoms with van der Waals surface area (Å²) in [5, 5.41) is 0. The fourth-order valence-corrected chi connectivity index (χ4v) is 5.61. The van der Waals surface area contributed by atoms with Gasteiger partial charge in [-0.2, -0.15) is 0 Å². The van der Waals surface area contributed by atoms with Crippen molar-refractivity contribution in [1.29, 1.82) is 0 Å². The Balaban J connectivity index is -0.00000244. The predicted octanol–water partition coefficient (Wildman–Crippen LogP) is 11.8. The van der Waals surface area contributed by atoms with Crippen LogP contribution in [0.3, 0.4) is 0 Å². The van der Waals surface area contributed by atoms with Gasteiger partial charge in [-0.3, -0.25) is 8.42 Å². The summed E-state index contributed by atoms with van der Waals surface area (Å²) < 4.78 is 40.0. The van der Waals surface area contributed by atoms with Crippen molar-refractivity contribution in [3.05, 3.63) is 0 Å². The average molecular weight is 643 g/mol. The van der Waals surface area contributed by atoms with Crippen LogP contribution >= 0.6 is 0 Å². The number of hydrogen-bond acceptors (Lipinski definition) is 5. The van der Waals surface area contributed by atoms with Gasteiger partial charge in [0.15, 0.2) is 0 Å². The van der Waals surface area contributed by atoms with E-state index in [1.165, 1.54) is 205 Å². The molecule has 0 spiro atoms. The fourth-order valence-electron chi connectivity index (χ4n) is 5.61. The molecule has 0 amide bonds. The summed E-state index contributed by atoms with van der Waals surface area (Å²) in [7, 11) is -5.17. The molecule has 0 fully saturated rings. The fraction of sp³-hybridized carbons (Fsp3) is 1.00. The molecule has 0 saturated carbocycles. The number of ether oxygens (including phenoxy) is 1. The molecular formula is C36H74MgO5S. The smallest absolute Gasteiger partial charge is 0.759 e. The normalized spacial score (nSPS) is 11.3. The quantitative estimate of drug-likeness (QED) is 0.0301. The Morgan fingerprint density at radius 2 is 0.488 bits per heavy atom. The molecule has 0 aliphatic heterocycles. The first-order valence-electron chi connectivity index (χ1n) is 18.7. The largest absolute Gasteiger partial charge is 2.00 e. The zero-order valence-electron chi connectivity index (χ0n) is 29.2. The summed E-state index contributed by atoms with van der Waals surface area (Å²) in [5.41, 5.74) is 0. The Morgan fingerprint density at radius 3 is 0.651 bits per heavy atom. The van der Waals surface area contributed by atoms with Gasteiger partial charge in [-0.05, 0) is 12.8 Å². The van der Waals surface area contributed by atoms with Crippen molar-refractivity contribution in [3.63, 3.8) is 0 Å². The Bertz CT molecular complexity index is 532. The summed E-state index contributed by atoms with van der Waals surface area (Å²) in [6, 6.07) is 0. The van der Waals surface area contributed by atoms with Crippen molar-refractivity contribution in [2.45, 2.75) is 219 Å². The second-order valence-electron chi connectivity index (χ2n) is 12.6. The minimum absolute atomic E-state index is 0. The van der Waals surface area contributed by atoms with E-state index in [2.05, 4.69) is 13.8 Å². The zero-order valence-corrected chi connectivity index (χ0v) is 31.4. The van der Waals surface area contributed by atoms with Crippen molar-refractivity contribution in [2.75, 3.05) is 13.2 Å². The molecule has 256 valence electrons. The predicted molar refractivity (Wildman–Crippen MR) is 186 cm³/mol. The van der Waals surface area contributed by atoms with Crippen molar-refractivity contribution in [3.8, 4) is 0 Å². The molecule has 5 nitrogen and oxygen atoms in total. The molecule has 0 aliphatic rings. The van der Waals surface area contributed by atoms with Crippen LogP contribution in [0.2, 0.25) is 0 Å². The van der Waals surface area contributed by atoms with Crippen LogP contribution in [0.15, 0.2) is 0 Å². The SMILES string of the molecule is CCCCCCCCCCCCCCCCCCOCCCCCCCCCCCCCCCCCC.O=S(=O)([O-])[O-].[Mg+2]. The van der Waals surface area contributed by atoms with Gasteiger partial charge in [0.05, 0.1) is 0 Å². The van der Waals surface area contributed by atoms with E-state index in [9.17, 15) is 0 Å². The van der Waals surface area contributed by atoms with Gasteiger partial charge < -0.3 is 13.8 Å². The molecule has 0 radical (unpaired) electrons. The second-order valence-corrected chi connectivity index (χ2v) is 13.4. The van der Waals surface area contributed by atoms with Crippen LogP contribution < -0.4 is 0 Å². The summed E-state index contributed by atoms with van der Waals surface area (Å²) >= 11 is 0. The van der Waals surface area contributed by atoms with Crippen molar-refractivity contribution < 1.29 is 22.3 Å².